The molecule has 3 aromatic carbocycles. The average Bonchev–Trinajstić information content (AvgIpc) is 3.06. The van der Waals surface area contributed by atoms with Crippen LogP contribution >= 0.6 is 23.2 Å². The first-order valence-electron chi connectivity index (χ1n) is 10.7. The zero-order valence-corrected chi connectivity index (χ0v) is 19.9. The molecule has 3 aromatic rings. The third-order valence-electron chi connectivity index (χ3n) is 6.71. The minimum Gasteiger partial charge on any atom is -0.479 e. The van der Waals surface area contributed by atoms with Gasteiger partial charge in [0.1, 0.15) is 17.5 Å². The molecule has 4 nitrogen and oxygen atoms in total. The van der Waals surface area contributed by atoms with Gasteiger partial charge in [0.05, 0.1) is 11.1 Å². The maximum absolute atomic E-state index is 15.4. The molecule has 1 fully saturated rings. The van der Waals surface area contributed by atoms with Gasteiger partial charge in [-0.3, -0.25) is 4.90 Å². The number of benzene rings is 3. The Morgan fingerprint density at radius 3 is 2.40 bits per heavy atom. The zero-order chi connectivity index (χ0) is 25.5. The van der Waals surface area contributed by atoms with Crippen molar-refractivity contribution >= 4 is 29.2 Å². The fourth-order valence-electron chi connectivity index (χ4n) is 5.14. The first-order valence-corrected chi connectivity index (χ1v) is 11.4. The van der Waals surface area contributed by atoms with Crippen molar-refractivity contribution in [2.24, 2.45) is 0 Å². The molecular weight excluding hydrogens is 500 g/mol. The summed E-state index contributed by atoms with van der Waals surface area (Å²) in [7, 11) is 0. The van der Waals surface area contributed by atoms with Crippen molar-refractivity contribution in [3.05, 3.63) is 105 Å². The molecule has 1 N–H and O–H groups in total. The molecule has 4 atom stereocenters. The third-order valence-corrected chi connectivity index (χ3v) is 7.23. The number of hydrogen-bond acceptors (Lipinski definition) is 3. The fraction of sp³-hybridized carbons (Fsp3) is 0.231. The van der Waals surface area contributed by atoms with Gasteiger partial charge in [0.2, 0.25) is 5.54 Å². The average molecular weight is 519 g/mol. The highest BCUT2D eigenvalue weighted by atomic mass is 35.5. The lowest BCUT2D eigenvalue weighted by Crippen LogP contribution is -2.54. The van der Waals surface area contributed by atoms with E-state index in [0.29, 0.717) is 0 Å². The van der Waals surface area contributed by atoms with Crippen molar-refractivity contribution < 1.29 is 23.1 Å². The summed E-state index contributed by atoms with van der Waals surface area (Å²) in [5, 5.41) is 20.6. The Labute approximate surface area is 210 Å². The van der Waals surface area contributed by atoms with Crippen LogP contribution in [-0.4, -0.2) is 27.6 Å². The van der Waals surface area contributed by atoms with E-state index in [9.17, 15) is 19.6 Å². The highest BCUT2D eigenvalue weighted by Crippen LogP contribution is 2.55. The largest absolute Gasteiger partial charge is 0.479 e. The van der Waals surface area contributed by atoms with E-state index in [1.54, 1.807) is 13.0 Å². The smallest absolute Gasteiger partial charge is 0.339 e. The molecule has 180 valence electrons. The molecule has 0 bridgehead atoms. The Balaban J connectivity index is 2.02. The predicted molar refractivity (Wildman–Crippen MR) is 126 cm³/mol. The van der Waals surface area contributed by atoms with Crippen molar-refractivity contribution in [2.75, 3.05) is 0 Å². The fourth-order valence-corrected chi connectivity index (χ4v) is 5.48. The monoisotopic (exact) mass is 518 g/mol. The van der Waals surface area contributed by atoms with Crippen LogP contribution in [0.3, 0.4) is 0 Å². The second-order valence-electron chi connectivity index (χ2n) is 8.46. The molecule has 0 aliphatic carbocycles. The van der Waals surface area contributed by atoms with Crippen LogP contribution in [0.25, 0.3) is 0 Å². The van der Waals surface area contributed by atoms with Crippen LogP contribution in [0.15, 0.2) is 60.7 Å². The summed E-state index contributed by atoms with van der Waals surface area (Å²) >= 11 is 11.9. The molecule has 0 aromatic heterocycles. The number of nitrogens with zero attached hydrogens (tertiary/aromatic N) is 2. The lowest BCUT2D eigenvalue weighted by atomic mass is 9.72. The topological polar surface area (TPSA) is 64.3 Å². The van der Waals surface area contributed by atoms with Crippen LogP contribution in [0.5, 0.6) is 0 Å². The Hall–Kier alpha value is -3.05. The van der Waals surface area contributed by atoms with E-state index in [0.717, 1.165) is 6.07 Å². The Morgan fingerprint density at radius 1 is 1.06 bits per heavy atom. The summed E-state index contributed by atoms with van der Waals surface area (Å²) in [5.41, 5.74) is -2.32. The highest BCUT2D eigenvalue weighted by Gasteiger charge is 2.64. The van der Waals surface area contributed by atoms with E-state index >= 15 is 8.78 Å². The molecule has 1 aliphatic rings. The van der Waals surface area contributed by atoms with E-state index in [1.165, 1.54) is 53.4 Å². The van der Waals surface area contributed by atoms with Crippen LogP contribution in [0.2, 0.25) is 10.0 Å². The number of halogens is 5. The Morgan fingerprint density at radius 2 is 1.77 bits per heavy atom. The minimum absolute atomic E-state index is 0.0585. The van der Waals surface area contributed by atoms with Gasteiger partial charge in [-0.1, -0.05) is 59.6 Å². The number of nitriles is 1. The van der Waals surface area contributed by atoms with Crippen LogP contribution in [-0.2, 0) is 11.3 Å². The van der Waals surface area contributed by atoms with Gasteiger partial charge in [0.25, 0.3) is 0 Å². The van der Waals surface area contributed by atoms with Crippen molar-refractivity contribution in [1.82, 2.24) is 4.90 Å². The van der Waals surface area contributed by atoms with Gasteiger partial charge in [-0.05, 0) is 42.3 Å². The lowest BCUT2D eigenvalue weighted by Gasteiger charge is -2.34. The van der Waals surface area contributed by atoms with Gasteiger partial charge in [0.15, 0.2) is 0 Å². The molecule has 0 unspecified atom stereocenters. The maximum atomic E-state index is 15.4. The normalized spacial score (nSPS) is 24.3. The van der Waals surface area contributed by atoms with Gasteiger partial charge in [-0.2, -0.15) is 5.26 Å². The molecule has 1 saturated heterocycles. The quantitative estimate of drug-likeness (QED) is 0.417. The van der Waals surface area contributed by atoms with Crippen molar-refractivity contribution in [3.63, 3.8) is 0 Å². The molecule has 35 heavy (non-hydrogen) atoms. The van der Waals surface area contributed by atoms with Crippen LogP contribution in [0.4, 0.5) is 13.2 Å². The SMILES string of the molecule is C[C@@H]1[C@@H](c2ccc(Cl)cc2F)[C@@H](c2cccc(Cl)c2F)[C@@](C#N)(C(=O)O)N1Cc1ccccc1F. The summed E-state index contributed by atoms with van der Waals surface area (Å²) < 4.78 is 45.2. The molecule has 0 saturated carbocycles. The number of carboxylic acid groups (broad SMARTS) is 1. The van der Waals surface area contributed by atoms with E-state index in [4.69, 9.17) is 23.2 Å². The standard InChI is InChI=1S/C26H19Cl2F3N2O2/c1-14-22(17-10-9-16(27)11-21(17)30)23(18-6-4-7-19(28)24(18)31)26(13-32,25(34)35)33(14)12-15-5-2-3-8-20(15)29/h2-11,14,22-23H,12H2,1H3,(H,34,35)/t14-,22+,23-,26+/m1/s1. The van der Waals surface area contributed by atoms with Gasteiger partial charge < -0.3 is 5.11 Å². The first-order chi connectivity index (χ1) is 16.6. The number of aliphatic carboxylic acids is 1. The summed E-state index contributed by atoms with van der Waals surface area (Å²) in [6, 6.07) is 14.8. The lowest BCUT2D eigenvalue weighted by molar-refractivity contribution is -0.147. The van der Waals surface area contributed by atoms with E-state index < -0.39 is 46.8 Å². The molecule has 0 radical (unpaired) electrons. The van der Waals surface area contributed by atoms with Crippen LogP contribution in [0, 0.1) is 28.8 Å². The first kappa shape index (κ1) is 25.1. The van der Waals surface area contributed by atoms with Crippen LogP contribution in [0.1, 0.15) is 35.4 Å². The summed E-state index contributed by atoms with van der Waals surface area (Å²) in [6.07, 6.45) is 0. The second kappa shape index (κ2) is 9.54. The number of carboxylic acids is 1. The minimum atomic E-state index is -2.37. The third kappa shape index (κ3) is 4.06. The summed E-state index contributed by atoms with van der Waals surface area (Å²) in [5.74, 6) is -6.19. The number of carbonyl (C=O) groups is 1. The molecule has 9 heteroatoms. The van der Waals surface area contributed by atoms with E-state index in [-0.39, 0.29) is 33.3 Å². The van der Waals surface area contributed by atoms with Gasteiger partial charge >= 0.3 is 5.97 Å². The molecule has 1 aliphatic heterocycles. The van der Waals surface area contributed by atoms with Gasteiger partial charge in [-0.15, -0.1) is 0 Å². The van der Waals surface area contributed by atoms with Crippen molar-refractivity contribution in [2.45, 2.75) is 36.9 Å². The van der Waals surface area contributed by atoms with Crippen molar-refractivity contribution in [3.8, 4) is 6.07 Å². The number of likely N-dealkylation sites (tertiary alicyclic amines) is 1. The van der Waals surface area contributed by atoms with E-state index in [1.807, 2.05) is 6.07 Å². The predicted octanol–water partition coefficient (Wildman–Crippen LogP) is 6.53. The van der Waals surface area contributed by atoms with Crippen LogP contribution < -0.4 is 0 Å². The molecular formula is C26H19Cl2F3N2O2. The molecule has 0 spiro atoms. The zero-order valence-electron chi connectivity index (χ0n) is 18.4. The number of hydrogen-bond donors (Lipinski definition) is 1. The molecule has 4 rings (SSSR count). The summed E-state index contributed by atoms with van der Waals surface area (Å²) in [4.78, 5) is 14.1. The second-order valence-corrected chi connectivity index (χ2v) is 9.30. The van der Waals surface area contributed by atoms with E-state index in [2.05, 4.69) is 0 Å². The maximum Gasteiger partial charge on any atom is 0.339 e. The summed E-state index contributed by atoms with van der Waals surface area (Å²) in [6.45, 7) is 1.33. The Bertz CT molecular complexity index is 1350. The number of rotatable bonds is 5. The highest BCUT2D eigenvalue weighted by molar-refractivity contribution is 6.31. The van der Waals surface area contributed by atoms with Crippen molar-refractivity contribution in [1.29, 1.82) is 5.26 Å². The van der Waals surface area contributed by atoms with Gasteiger partial charge in [-0.25, -0.2) is 18.0 Å². The molecule has 1 heterocycles. The molecule has 0 amide bonds. The van der Waals surface area contributed by atoms with Gasteiger partial charge in [0, 0.05) is 35.0 Å². The Kier molecular flexibility index (Phi) is 6.83.